The summed E-state index contributed by atoms with van der Waals surface area (Å²) in [6.45, 7) is 1.08. The molecular weight excluding hydrogens is 210 g/mol. The number of rotatable bonds is 7. The third kappa shape index (κ3) is 4.35. The highest BCUT2D eigenvalue weighted by Gasteiger charge is 2.09. The predicted octanol–water partition coefficient (Wildman–Crippen LogP) is -0.706. The zero-order chi connectivity index (χ0) is 11.8. The minimum atomic E-state index is -0.0173. The summed E-state index contributed by atoms with van der Waals surface area (Å²) in [4.78, 5) is 13.3. The lowest BCUT2D eigenvalue weighted by Crippen LogP contribution is -2.31. The minimum Gasteiger partial charge on any atom is -0.396 e. The molecule has 0 atom stereocenters. The van der Waals surface area contributed by atoms with E-state index in [4.69, 9.17) is 5.11 Å². The number of hydrogen-bond donors (Lipinski definition) is 1. The highest BCUT2D eigenvalue weighted by atomic mass is 16.2. The summed E-state index contributed by atoms with van der Waals surface area (Å²) in [5, 5.41) is 19.1. The van der Waals surface area contributed by atoms with E-state index in [0.29, 0.717) is 6.54 Å². The van der Waals surface area contributed by atoms with Crippen molar-refractivity contribution >= 4 is 5.91 Å². The molecule has 1 heterocycles. The van der Waals surface area contributed by atoms with Crippen molar-refractivity contribution in [1.82, 2.24) is 25.1 Å². The van der Waals surface area contributed by atoms with E-state index < -0.39 is 0 Å². The van der Waals surface area contributed by atoms with Crippen LogP contribution in [0.2, 0.25) is 0 Å². The lowest BCUT2D eigenvalue weighted by atomic mass is 10.2. The smallest absolute Gasteiger partial charge is 0.244 e. The van der Waals surface area contributed by atoms with Crippen LogP contribution in [0.1, 0.15) is 19.3 Å². The molecule has 0 aliphatic carbocycles. The maximum atomic E-state index is 11.6. The summed E-state index contributed by atoms with van der Waals surface area (Å²) in [6.07, 6.45) is 4.03. The van der Waals surface area contributed by atoms with E-state index in [2.05, 4.69) is 15.5 Å². The van der Waals surface area contributed by atoms with Crippen molar-refractivity contribution in [2.75, 3.05) is 20.2 Å². The van der Waals surface area contributed by atoms with Gasteiger partial charge in [-0.2, -0.15) is 0 Å². The first-order valence-corrected chi connectivity index (χ1v) is 5.29. The average molecular weight is 227 g/mol. The molecule has 0 aliphatic heterocycles. The molecule has 7 heteroatoms. The Morgan fingerprint density at radius 2 is 2.25 bits per heavy atom. The molecule has 0 saturated carbocycles. The Kier molecular flexibility index (Phi) is 5.41. The van der Waals surface area contributed by atoms with Crippen molar-refractivity contribution in [3.8, 4) is 0 Å². The molecule has 1 N–H and O–H groups in total. The van der Waals surface area contributed by atoms with Gasteiger partial charge in [-0.1, -0.05) is 0 Å². The van der Waals surface area contributed by atoms with E-state index in [1.165, 1.54) is 11.0 Å². The highest BCUT2D eigenvalue weighted by Crippen LogP contribution is 1.97. The fourth-order valence-corrected chi connectivity index (χ4v) is 1.27. The van der Waals surface area contributed by atoms with Crippen LogP contribution >= 0.6 is 0 Å². The fraction of sp³-hybridized carbons (Fsp3) is 0.778. The second-order valence-electron chi connectivity index (χ2n) is 3.61. The van der Waals surface area contributed by atoms with Crippen LogP contribution in [0, 0.1) is 0 Å². The molecule has 0 radical (unpaired) electrons. The van der Waals surface area contributed by atoms with Gasteiger partial charge < -0.3 is 10.0 Å². The normalized spacial score (nSPS) is 10.4. The monoisotopic (exact) mass is 227 g/mol. The summed E-state index contributed by atoms with van der Waals surface area (Å²) in [7, 11) is 1.76. The molecule has 90 valence electrons. The summed E-state index contributed by atoms with van der Waals surface area (Å²) in [5.41, 5.74) is 0. The van der Waals surface area contributed by atoms with Crippen LogP contribution in [0.15, 0.2) is 6.33 Å². The molecule has 0 aliphatic rings. The minimum absolute atomic E-state index is 0.0173. The molecule has 16 heavy (non-hydrogen) atoms. The van der Waals surface area contributed by atoms with Gasteiger partial charge in [0.2, 0.25) is 5.91 Å². The molecule has 0 bridgehead atoms. The first-order chi connectivity index (χ1) is 7.74. The predicted molar refractivity (Wildman–Crippen MR) is 56.4 cm³/mol. The molecular formula is C9H17N5O2. The molecule has 0 unspecified atom stereocenters. The molecule has 1 amide bonds. The standard InChI is InChI=1S/C9H17N5O2/c1-13(5-3-2-4-6-15)9(16)7-14-8-10-11-12-14/h8,15H,2-7H2,1H3. The van der Waals surface area contributed by atoms with E-state index in [1.807, 2.05) is 0 Å². The number of tetrazole rings is 1. The summed E-state index contributed by atoms with van der Waals surface area (Å²) < 4.78 is 1.40. The number of aliphatic hydroxyl groups excluding tert-OH is 1. The Bertz CT molecular complexity index is 301. The molecule has 1 aromatic rings. The highest BCUT2D eigenvalue weighted by molar-refractivity contribution is 5.75. The maximum Gasteiger partial charge on any atom is 0.244 e. The van der Waals surface area contributed by atoms with Gasteiger partial charge >= 0.3 is 0 Å². The van der Waals surface area contributed by atoms with Crippen molar-refractivity contribution in [2.24, 2.45) is 0 Å². The van der Waals surface area contributed by atoms with Gasteiger partial charge in [-0.3, -0.25) is 4.79 Å². The fourth-order valence-electron chi connectivity index (χ4n) is 1.27. The van der Waals surface area contributed by atoms with Gasteiger partial charge in [0.1, 0.15) is 12.9 Å². The number of carbonyl (C=O) groups excluding carboxylic acids is 1. The lowest BCUT2D eigenvalue weighted by Gasteiger charge is -2.16. The number of aliphatic hydroxyl groups is 1. The number of amides is 1. The number of aromatic nitrogens is 4. The van der Waals surface area contributed by atoms with Gasteiger partial charge in [-0.05, 0) is 29.7 Å². The molecule has 1 rings (SSSR count). The van der Waals surface area contributed by atoms with E-state index in [1.54, 1.807) is 11.9 Å². The van der Waals surface area contributed by atoms with Gasteiger partial charge in [0, 0.05) is 20.2 Å². The van der Waals surface area contributed by atoms with Gasteiger partial charge in [0.05, 0.1) is 0 Å². The zero-order valence-electron chi connectivity index (χ0n) is 9.41. The van der Waals surface area contributed by atoms with E-state index in [0.717, 1.165) is 19.3 Å². The Morgan fingerprint density at radius 3 is 2.88 bits per heavy atom. The van der Waals surface area contributed by atoms with Gasteiger partial charge in [0.25, 0.3) is 0 Å². The third-order valence-electron chi connectivity index (χ3n) is 2.27. The molecule has 7 nitrogen and oxygen atoms in total. The van der Waals surface area contributed by atoms with Gasteiger partial charge in [-0.25, -0.2) is 4.68 Å². The SMILES string of the molecule is CN(CCCCCO)C(=O)Cn1cnnn1. The van der Waals surface area contributed by atoms with Crippen LogP contribution in [0.3, 0.4) is 0 Å². The Labute approximate surface area is 94.0 Å². The Hall–Kier alpha value is -1.50. The summed E-state index contributed by atoms with van der Waals surface area (Å²) in [5.74, 6) is -0.0173. The van der Waals surface area contributed by atoms with Crippen LogP contribution in [0.4, 0.5) is 0 Å². The topological polar surface area (TPSA) is 84.1 Å². The average Bonchev–Trinajstić information content (AvgIpc) is 2.76. The van der Waals surface area contributed by atoms with E-state index in [9.17, 15) is 4.79 Å². The lowest BCUT2D eigenvalue weighted by molar-refractivity contribution is -0.130. The second-order valence-corrected chi connectivity index (χ2v) is 3.61. The van der Waals surface area contributed by atoms with Crippen molar-refractivity contribution in [3.63, 3.8) is 0 Å². The summed E-state index contributed by atoms with van der Waals surface area (Å²) >= 11 is 0. The number of carbonyl (C=O) groups is 1. The van der Waals surface area contributed by atoms with Gasteiger partial charge in [-0.15, -0.1) is 5.10 Å². The number of hydrogen-bond acceptors (Lipinski definition) is 5. The van der Waals surface area contributed by atoms with Crippen LogP contribution in [-0.2, 0) is 11.3 Å². The third-order valence-corrected chi connectivity index (χ3v) is 2.27. The van der Waals surface area contributed by atoms with E-state index >= 15 is 0 Å². The maximum absolute atomic E-state index is 11.6. The molecule has 0 fully saturated rings. The molecule has 1 aromatic heterocycles. The van der Waals surface area contributed by atoms with Crippen molar-refractivity contribution in [1.29, 1.82) is 0 Å². The van der Waals surface area contributed by atoms with Crippen LogP contribution in [0.5, 0.6) is 0 Å². The quantitative estimate of drug-likeness (QED) is 0.622. The first kappa shape index (κ1) is 12.6. The largest absolute Gasteiger partial charge is 0.396 e. The zero-order valence-corrected chi connectivity index (χ0v) is 9.41. The van der Waals surface area contributed by atoms with Crippen LogP contribution in [-0.4, -0.2) is 56.3 Å². The first-order valence-electron chi connectivity index (χ1n) is 5.29. The molecule has 0 aromatic carbocycles. The van der Waals surface area contributed by atoms with Gasteiger partial charge in [0.15, 0.2) is 0 Å². The Balaban J connectivity index is 2.20. The second kappa shape index (κ2) is 6.89. The van der Waals surface area contributed by atoms with E-state index in [-0.39, 0.29) is 19.1 Å². The number of nitrogens with zero attached hydrogens (tertiary/aromatic N) is 5. The molecule has 0 saturated heterocycles. The number of unbranched alkanes of at least 4 members (excludes halogenated alkanes) is 2. The number of likely N-dealkylation sites (N-methyl/N-ethyl adjacent to an activating group) is 1. The molecule has 0 spiro atoms. The van der Waals surface area contributed by atoms with Crippen molar-refractivity contribution in [3.05, 3.63) is 6.33 Å². The summed E-state index contributed by atoms with van der Waals surface area (Å²) in [6, 6.07) is 0. The Morgan fingerprint density at radius 1 is 1.44 bits per heavy atom. The van der Waals surface area contributed by atoms with Crippen LogP contribution < -0.4 is 0 Å². The van der Waals surface area contributed by atoms with Crippen molar-refractivity contribution < 1.29 is 9.90 Å². The van der Waals surface area contributed by atoms with Crippen molar-refractivity contribution in [2.45, 2.75) is 25.8 Å². The van der Waals surface area contributed by atoms with Crippen LogP contribution in [0.25, 0.3) is 0 Å².